The molecule has 0 spiro atoms. The van der Waals surface area contributed by atoms with Gasteiger partial charge in [0.15, 0.2) is 0 Å². The Morgan fingerprint density at radius 1 is 1.38 bits per heavy atom. The van der Waals surface area contributed by atoms with Gasteiger partial charge in [0.2, 0.25) is 0 Å². The minimum absolute atomic E-state index is 0.117. The van der Waals surface area contributed by atoms with E-state index in [9.17, 15) is 4.79 Å². The van der Waals surface area contributed by atoms with Gasteiger partial charge in [-0.15, -0.1) is 11.3 Å². The number of carbonyl (C=O) groups is 1. The van der Waals surface area contributed by atoms with Crippen molar-refractivity contribution in [3.8, 4) is 0 Å². The fraction of sp³-hybridized carbons (Fsp3) is 0.750. The summed E-state index contributed by atoms with van der Waals surface area (Å²) >= 11 is 1.75. The van der Waals surface area contributed by atoms with E-state index in [2.05, 4.69) is 0 Å². The van der Waals surface area contributed by atoms with Crippen molar-refractivity contribution >= 4 is 17.3 Å². The summed E-state index contributed by atoms with van der Waals surface area (Å²) in [5.41, 5.74) is 0.754. The summed E-state index contributed by atoms with van der Waals surface area (Å²) in [4.78, 5) is 18.3. The number of aromatic nitrogens is 1. The van der Waals surface area contributed by atoms with Crippen LogP contribution in [-0.2, 0) is 26.3 Å². The molecule has 4 nitrogen and oxygen atoms in total. The van der Waals surface area contributed by atoms with Crippen molar-refractivity contribution < 1.29 is 14.3 Å². The number of rotatable bonds is 4. The van der Waals surface area contributed by atoms with Crippen molar-refractivity contribution in [3.05, 3.63) is 15.6 Å². The maximum absolute atomic E-state index is 12.2. The monoisotopic (exact) mass is 309 g/mol. The minimum atomic E-state index is -0.207. The van der Waals surface area contributed by atoms with Crippen molar-refractivity contribution in [3.63, 3.8) is 0 Å². The van der Waals surface area contributed by atoms with E-state index < -0.39 is 0 Å². The summed E-state index contributed by atoms with van der Waals surface area (Å²) in [5, 5.41) is 1.07. The van der Waals surface area contributed by atoms with Gasteiger partial charge in [-0.05, 0) is 39.0 Å². The molecule has 0 radical (unpaired) electrons. The summed E-state index contributed by atoms with van der Waals surface area (Å²) in [6, 6.07) is 0. The lowest BCUT2D eigenvalue weighted by Gasteiger charge is -2.24. The predicted octanol–water partition coefficient (Wildman–Crippen LogP) is 3.54. The summed E-state index contributed by atoms with van der Waals surface area (Å²) in [6.07, 6.45) is 7.40. The number of hydrogen-bond donors (Lipinski definition) is 0. The van der Waals surface area contributed by atoms with E-state index in [1.54, 1.807) is 18.4 Å². The highest BCUT2D eigenvalue weighted by molar-refractivity contribution is 7.11. The van der Waals surface area contributed by atoms with Gasteiger partial charge >= 0.3 is 5.97 Å². The highest BCUT2D eigenvalue weighted by atomic mass is 32.1. The highest BCUT2D eigenvalue weighted by Gasteiger charge is 2.41. The van der Waals surface area contributed by atoms with Gasteiger partial charge in [0.05, 0.1) is 12.3 Å². The van der Waals surface area contributed by atoms with E-state index in [4.69, 9.17) is 14.5 Å². The predicted molar refractivity (Wildman–Crippen MR) is 81.6 cm³/mol. The molecule has 2 aliphatic rings. The first-order chi connectivity index (χ1) is 10.2. The second-order valence-corrected chi connectivity index (χ2v) is 7.01. The third-order valence-electron chi connectivity index (χ3n) is 4.72. The summed E-state index contributed by atoms with van der Waals surface area (Å²) in [5.74, 6) is -0.290. The van der Waals surface area contributed by atoms with Gasteiger partial charge in [0.25, 0.3) is 0 Å². The van der Waals surface area contributed by atoms with Crippen LogP contribution < -0.4 is 0 Å². The molecule has 0 N–H and O–H groups in total. The highest BCUT2D eigenvalue weighted by Crippen LogP contribution is 2.46. The van der Waals surface area contributed by atoms with Gasteiger partial charge < -0.3 is 9.47 Å². The van der Waals surface area contributed by atoms with E-state index in [0.29, 0.717) is 6.61 Å². The quantitative estimate of drug-likeness (QED) is 0.798. The number of methoxy groups -OCH3 is 1. The van der Waals surface area contributed by atoms with Crippen LogP contribution >= 0.6 is 11.3 Å². The molecule has 0 amide bonds. The maximum atomic E-state index is 12.2. The Balaban J connectivity index is 1.92. The van der Waals surface area contributed by atoms with E-state index in [0.717, 1.165) is 42.8 Å². The molecular formula is C16H23NO3S. The van der Waals surface area contributed by atoms with Crippen LogP contribution in [0.4, 0.5) is 0 Å². The molecule has 1 heterocycles. The third kappa shape index (κ3) is 2.61. The maximum Gasteiger partial charge on any atom is 0.315 e. The fourth-order valence-electron chi connectivity index (χ4n) is 3.54. The minimum Gasteiger partial charge on any atom is -0.465 e. The van der Waals surface area contributed by atoms with E-state index in [1.165, 1.54) is 17.7 Å². The zero-order chi connectivity index (χ0) is 14.9. The number of fused-ring (bicyclic) bond motifs is 1. The molecule has 3 rings (SSSR count). The molecule has 1 saturated carbocycles. The first-order valence-corrected chi connectivity index (χ1v) is 8.73. The number of ether oxygens (including phenoxy) is 2. The molecule has 1 aromatic heterocycles. The van der Waals surface area contributed by atoms with Gasteiger partial charge in [-0.1, -0.05) is 12.8 Å². The van der Waals surface area contributed by atoms with Gasteiger partial charge in [0.1, 0.15) is 16.5 Å². The summed E-state index contributed by atoms with van der Waals surface area (Å²) < 4.78 is 11.1. The van der Waals surface area contributed by atoms with Crippen molar-refractivity contribution in [2.45, 2.75) is 63.4 Å². The first kappa shape index (κ1) is 15.0. The largest absolute Gasteiger partial charge is 0.465 e. The molecule has 0 aliphatic heterocycles. The second kappa shape index (κ2) is 6.05. The number of hydrogen-bond acceptors (Lipinski definition) is 5. The van der Waals surface area contributed by atoms with Gasteiger partial charge in [-0.2, -0.15) is 0 Å². The average Bonchev–Trinajstić information content (AvgIpc) is 3.14. The van der Waals surface area contributed by atoms with Crippen LogP contribution in [0, 0.1) is 0 Å². The number of nitrogens with zero attached hydrogens (tertiary/aromatic N) is 1. The normalized spacial score (nSPS) is 23.8. The van der Waals surface area contributed by atoms with Crippen LogP contribution in [0.25, 0.3) is 0 Å². The fourth-order valence-corrected chi connectivity index (χ4v) is 4.93. The van der Waals surface area contributed by atoms with Gasteiger partial charge in [0, 0.05) is 12.0 Å². The van der Waals surface area contributed by atoms with Crippen molar-refractivity contribution in [1.82, 2.24) is 4.98 Å². The SMILES string of the molecule is CCOC(=O)C1CCCc2sc(C3(OC)CCCC3)nc21. The Morgan fingerprint density at radius 2 is 2.14 bits per heavy atom. The zero-order valence-corrected chi connectivity index (χ0v) is 13.6. The molecule has 5 heteroatoms. The Morgan fingerprint density at radius 3 is 2.81 bits per heavy atom. The molecule has 116 valence electrons. The molecule has 1 unspecified atom stereocenters. The van der Waals surface area contributed by atoms with E-state index in [1.807, 2.05) is 6.92 Å². The van der Waals surface area contributed by atoms with E-state index >= 15 is 0 Å². The standard InChI is InChI=1S/C16H23NO3S/c1-3-20-14(18)11-7-6-8-12-13(11)17-15(21-12)16(19-2)9-4-5-10-16/h11H,3-10H2,1-2H3. The summed E-state index contributed by atoms with van der Waals surface area (Å²) in [7, 11) is 1.79. The lowest BCUT2D eigenvalue weighted by atomic mass is 9.91. The number of carbonyl (C=O) groups excluding carboxylic acids is 1. The van der Waals surface area contributed by atoms with Crippen LogP contribution in [0.1, 0.15) is 66.9 Å². The molecule has 1 fully saturated rings. The Kier molecular flexibility index (Phi) is 4.31. The number of aryl methyl sites for hydroxylation is 1. The van der Waals surface area contributed by atoms with Crippen molar-refractivity contribution in [2.75, 3.05) is 13.7 Å². The lowest BCUT2D eigenvalue weighted by Crippen LogP contribution is -2.25. The van der Waals surface area contributed by atoms with E-state index in [-0.39, 0.29) is 17.5 Å². The zero-order valence-electron chi connectivity index (χ0n) is 12.8. The topological polar surface area (TPSA) is 48.4 Å². The average molecular weight is 309 g/mol. The molecule has 0 bridgehead atoms. The molecule has 1 atom stereocenters. The molecule has 2 aliphatic carbocycles. The smallest absolute Gasteiger partial charge is 0.315 e. The lowest BCUT2D eigenvalue weighted by molar-refractivity contribution is -0.145. The van der Waals surface area contributed by atoms with Crippen LogP contribution in [0.15, 0.2) is 0 Å². The summed E-state index contributed by atoms with van der Waals surface area (Å²) in [6.45, 7) is 2.29. The first-order valence-electron chi connectivity index (χ1n) is 7.92. The Labute approximate surface area is 129 Å². The third-order valence-corrected chi connectivity index (χ3v) is 6.03. The second-order valence-electron chi connectivity index (χ2n) is 5.93. The molecule has 0 aromatic carbocycles. The van der Waals surface area contributed by atoms with Crippen molar-refractivity contribution in [2.24, 2.45) is 0 Å². The van der Waals surface area contributed by atoms with Gasteiger partial charge in [-0.3, -0.25) is 4.79 Å². The number of thiazole rings is 1. The van der Waals surface area contributed by atoms with Crippen LogP contribution in [-0.4, -0.2) is 24.7 Å². The Bertz CT molecular complexity index is 520. The van der Waals surface area contributed by atoms with Gasteiger partial charge in [-0.25, -0.2) is 4.98 Å². The van der Waals surface area contributed by atoms with Crippen LogP contribution in [0.3, 0.4) is 0 Å². The Hall–Kier alpha value is -0.940. The number of esters is 1. The van der Waals surface area contributed by atoms with Crippen LogP contribution in [0.5, 0.6) is 0 Å². The van der Waals surface area contributed by atoms with Crippen LogP contribution in [0.2, 0.25) is 0 Å². The molecule has 21 heavy (non-hydrogen) atoms. The molecule has 1 aromatic rings. The molecular weight excluding hydrogens is 286 g/mol. The molecule has 0 saturated heterocycles. The van der Waals surface area contributed by atoms with Crippen molar-refractivity contribution in [1.29, 1.82) is 0 Å².